The number of nitrogens with two attached hydrogens (primary N) is 2. The van der Waals surface area contributed by atoms with Crippen molar-refractivity contribution in [1.29, 1.82) is 0 Å². The molecule has 0 heterocycles. The minimum absolute atomic E-state index is 0.0842. The van der Waals surface area contributed by atoms with Crippen molar-refractivity contribution in [1.82, 2.24) is 16.0 Å². The Morgan fingerprint density at radius 3 is 2.14 bits per heavy atom. The molecular formula is C28H39N5O3. The molecule has 8 nitrogen and oxygen atoms in total. The second-order valence-electron chi connectivity index (χ2n) is 9.63. The van der Waals surface area contributed by atoms with E-state index in [1.807, 2.05) is 54.6 Å². The molecule has 1 aliphatic rings. The van der Waals surface area contributed by atoms with Crippen LogP contribution < -0.4 is 27.4 Å². The summed E-state index contributed by atoms with van der Waals surface area (Å²) in [6.45, 7) is 0.721. The second-order valence-corrected chi connectivity index (χ2v) is 9.63. The molecule has 1 saturated carbocycles. The van der Waals surface area contributed by atoms with Gasteiger partial charge in [-0.05, 0) is 29.0 Å². The molecule has 2 aromatic carbocycles. The molecule has 1 unspecified atom stereocenters. The van der Waals surface area contributed by atoms with E-state index in [1.165, 1.54) is 6.42 Å². The van der Waals surface area contributed by atoms with Crippen LogP contribution in [0, 0.1) is 5.92 Å². The summed E-state index contributed by atoms with van der Waals surface area (Å²) in [6.07, 6.45) is 6.64. The van der Waals surface area contributed by atoms with Gasteiger partial charge in [0.15, 0.2) is 0 Å². The molecule has 0 spiro atoms. The fraction of sp³-hybridized carbons (Fsp3) is 0.464. The lowest BCUT2D eigenvalue weighted by atomic mass is 9.84. The topological polar surface area (TPSA) is 139 Å². The average molecular weight is 494 g/mol. The number of hydrogen-bond acceptors (Lipinski definition) is 5. The van der Waals surface area contributed by atoms with Gasteiger partial charge in [-0.1, -0.05) is 86.7 Å². The molecule has 7 N–H and O–H groups in total. The third-order valence-corrected chi connectivity index (χ3v) is 6.77. The number of rotatable bonds is 13. The van der Waals surface area contributed by atoms with Gasteiger partial charge in [0.2, 0.25) is 17.7 Å². The van der Waals surface area contributed by atoms with E-state index in [4.69, 9.17) is 11.5 Å². The van der Waals surface area contributed by atoms with Crippen LogP contribution in [0.5, 0.6) is 0 Å². The maximum atomic E-state index is 13.4. The summed E-state index contributed by atoms with van der Waals surface area (Å²) in [6, 6.07) is 16.0. The lowest BCUT2D eigenvalue weighted by Gasteiger charge is -2.28. The number of primary amides is 1. The SMILES string of the molecule is NCc1ccc(CNC(=O)[C@H](Cc2ccccc2)NC(=O)C(CC2CCCCC2)NCC(N)=O)cc1. The van der Waals surface area contributed by atoms with E-state index in [0.29, 0.717) is 31.8 Å². The van der Waals surface area contributed by atoms with Crippen molar-refractivity contribution in [2.45, 2.75) is 70.1 Å². The van der Waals surface area contributed by atoms with E-state index >= 15 is 0 Å². The van der Waals surface area contributed by atoms with Gasteiger partial charge in [-0.3, -0.25) is 19.7 Å². The van der Waals surface area contributed by atoms with E-state index in [1.54, 1.807) is 0 Å². The number of carbonyl (C=O) groups excluding carboxylic acids is 3. The number of benzene rings is 2. The van der Waals surface area contributed by atoms with Gasteiger partial charge in [-0.2, -0.15) is 0 Å². The van der Waals surface area contributed by atoms with Crippen LogP contribution in [0.1, 0.15) is 55.2 Å². The van der Waals surface area contributed by atoms with Crippen LogP contribution in [0.2, 0.25) is 0 Å². The fourth-order valence-corrected chi connectivity index (χ4v) is 4.70. The molecule has 0 aliphatic heterocycles. The molecule has 0 aromatic heterocycles. The molecule has 2 aromatic rings. The van der Waals surface area contributed by atoms with Gasteiger partial charge in [0.05, 0.1) is 12.6 Å². The quantitative estimate of drug-likeness (QED) is 0.290. The Hall–Kier alpha value is -3.23. The monoisotopic (exact) mass is 493 g/mol. The molecular weight excluding hydrogens is 454 g/mol. The molecule has 36 heavy (non-hydrogen) atoms. The maximum absolute atomic E-state index is 13.4. The van der Waals surface area contributed by atoms with Gasteiger partial charge >= 0.3 is 0 Å². The Balaban J connectivity index is 1.69. The summed E-state index contributed by atoms with van der Waals surface area (Å²) in [5.41, 5.74) is 13.9. The van der Waals surface area contributed by atoms with Crippen molar-refractivity contribution >= 4 is 17.7 Å². The average Bonchev–Trinajstić information content (AvgIpc) is 2.90. The predicted molar refractivity (Wildman–Crippen MR) is 140 cm³/mol. The normalized spacial score (nSPS) is 15.6. The number of hydrogen-bond donors (Lipinski definition) is 5. The first-order chi connectivity index (χ1) is 17.4. The second kappa shape index (κ2) is 14.4. The molecule has 0 saturated heterocycles. The molecule has 3 amide bonds. The fourth-order valence-electron chi connectivity index (χ4n) is 4.70. The first-order valence-electron chi connectivity index (χ1n) is 12.9. The van der Waals surface area contributed by atoms with E-state index in [0.717, 1.165) is 42.4 Å². The van der Waals surface area contributed by atoms with Crippen molar-refractivity contribution in [3.8, 4) is 0 Å². The van der Waals surface area contributed by atoms with E-state index in [9.17, 15) is 14.4 Å². The van der Waals surface area contributed by atoms with Gasteiger partial charge in [0, 0.05) is 19.5 Å². The summed E-state index contributed by atoms with van der Waals surface area (Å²) in [5.74, 6) is -0.657. The van der Waals surface area contributed by atoms with Crippen molar-refractivity contribution in [3.05, 3.63) is 71.3 Å². The Kier molecular flexibility index (Phi) is 10.9. The summed E-state index contributed by atoms with van der Waals surface area (Å²) in [4.78, 5) is 38.0. The first kappa shape index (κ1) is 27.4. The maximum Gasteiger partial charge on any atom is 0.243 e. The van der Waals surface area contributed by atoms with Crippen molar-refractivity contribution in [2.75, 3.05) is 6.54 Å². The van der Waals surface area contributed by atoms with Crippen LogP contribution in [0.15, 0.2) is 54.6 Å². The molecule has 3 rings (SSSR count). The molecule has 2 atom stereocenters. The van der Waals surface area contributed by atoms with Crippen LogP contribution in [0.3, 0.4) is 0 Å². The van der Waals surface area contributed by atoms with Crippen LogP contribution in [0.4, 0.5) is 0 Å². The summed E-state index contributed by atoms with van der Waals surface area (Å²) >= 11 is 0. The zero-order chi connectivity index (χ0) is 25.8. The summed E-state index contributed by atoms with van der Waals surface area (Å²) < 4.78 is 0. The highest BCUT2D eigenvalue weighted by atomic mass is 16.2. The van der Waals surface area contributed by atoms with Crippen LogP contribution in [-0.4, -0.2) is 36.3 Å². The zero-order valence-corrected chi connectivity index (χ0v) is 20.9. The van der Waals surface area contributed by atoms with Crippen LogP contribution >= 0.6 is 0 Å². The molecule has 0 radical (unpaired) electrons. The standard InChI is InChI=1S/C28H39N5O3/c29-17-22-11-13-23(14-12-22)18-32-27(35)25(16-21-9-5-2-6-10-21)33-28(36)24(31-19-26(30)34)15-20-7-3-1-4-8-20/h2,5-6,9-14,20,24-25,31H,1,3-4,7-8,15-19,29H2,(H2,30,34)(H,32,35)(H,33,36)/t24?,25-/m0/s1. The highest BCUT2D eigenvalue weighted by molar-refractivity contribution is 5.90. The largest absolute Gasteiger partial charge is 0.369 e. The van der Waals surface area contributed by atoms with E-state index < -0.39 is 18.0 Å². The summed E-state index contributed by atoms with van der Waals surface area (Å²) in [7, 11) is 0. The molecule has 8 heteroatoms. The van der Waals surface area contributed by atoms with Gasteiger partial charge in [-0.15, -0.1) is 0 Å². The molecule has 194 valence electrons. The number of amides is 3. The first-order valence-corrected chi connectivity index (χ1v) is 12.9. The zero-order valence-electron chi connectivity index (χ0n) is 20.9. The van der Waals surface area contributed by atoms with Gasteiger partial charge in [0.1, 0.15) is 6.04 Å². The highest BCUT2D eigenvalue weighted by Crippen LogP contribution is 2.27. The van der Waals surface area contributed by atoms with Crippen LogP contribution in [-0.2, 0) is 33.9 Å². The third kappa shape index (κ3) is 9.09. The van der Waals surface area contributed by atoms with Crippen molar-refractivity contribution < 1.29 is 14.4 Å². The van der Waals surface area contributed by atoms with E-state index in [2.05, 4.69) is 16.0 Å². The summed E-state index contributed by atoms with van der Waals surface area (Å²) in [5, 5.41) is 8.92. The Morgan fingerprint density at radius 2 is 1.50 bits per heavy atom. The minimum atomic E-state index is -0.757. The van der Waals surface area contributed by atoms with Gasteiger partial charge in [0.25, 0.3) is 0 Å². The number of carbonyl (C=O) groups is 3. The lowest BCUT2D eigenvalue weighted by molar-refractivity contribution is -0.130. The van der Waals surface area contributed by atoms with Crippen LogP contribution in [0.25, 0.3) is 0 Å². The molecule has 1 aliphatic carbocycles. The van der Waals surface area contributed by atoms with Crippen molar-refractivity contribution in [2.24, 2.45) is 17.4 Å². The number of nitrogens with one attached hydrogen (secondary N) is 3. The Morgan fingerprint density at radius 1 is 0.833 bits per heavy atom. The van der Waals surface area contributed by atoms with Gasteiger partial charge in [-0.25, -0.2) is 0 Å². The molecule has 1 fully saturated rings. The predicted octanol–water partition coefficient (Wildman–Crippen LogP) is 1.90. The lowest BCUT2D eigenvalue weighted by Crippen LogP contribution is -2.54. The Bertz CT molecular complexity index is 974. The van der Waals surface area contributed by atoms with Crippen molar-refractivity contribution in [3.63, 3.8) is 0 Å². The highest BCUT2D eigenvalue weighted by Gasteiger charge is 2.28. The Labute approximate surface area is 213 Å². The van der Waals surface area contributed by atoms with Gasteiger partial charge < -0.3 is 22.1 Å². The molecule has 0 bridgehead atoms. The van der Waals surface area contributed by atoms with E-state index in [-0.39, 0.29) is 18.4 Å². The third-order valence-electron chi connectivity index (χ3n) is 6.77. The smallest absolute Gasteiger partial charge is 0.243 e. The minimum Gasteiger partial charge on any atom is -0.369 e.